The molecule has 0 bridgehead atoms. The van der Waals surface area contributed by atoms with Crippen LogP contribution >= 0.6 is 11.8 Å². The lowest BCUT2D eigenvalue weighted by Crippen LogP contribution is -2.14. The van der Waals surface area contributed by atoms with Gasteiger partial charge in [-0.25, -0.2) is 0 Å². The number of thioether (sulfide) groups is 1. The van der Waals surface area contributed by atoms with Gasteiger partial charge in [-0.05, 0) is 36.4 Å². The summed E-state index contributed by atoms with van der Waals surface area (Å²) < 4.78 is 1.87. The molecular weight excluding hydrogens is 322 g/mol. The van der Waals surface area contributed by atoms with E-state index < -0.39 is 0 Å². The van der Waals surface area contributed by atoms with Crippen LogP contribution in [0, 0.1) is 0 Å². The Balaban J connectivity index is 1.64. The number of amides is 1. The number of nitrogen functional groups attached to an aromatic ring is 1. The highest BCUT2D eigenvalue weighted by molar-refractivity contribution is 7.99. The lowest BCUT2D eigenvalue weighted by atomic mass is 10.2. The molecule has 0 unspecified atom stereocenters. The van der Waals surface area contributed by atoms with Crippen molar-refractivity contribution in [2.75, 3.05) is 16.8 Å². The minimum Gasteiger partial charge on any atom is -0.399 e. The van der Waals surface area contributed by atoms with Crippen molar-refractivity contribution in [1.29, 1.82) is 0 Å². The zero-order valence-electron chi connectivity index (χ0n) is 13.1. The number of hydrogen-bond acceptors (Lipinski definition) is 5. The van der Waals surface area contributed by atoms with Gasteiger partial charge < -0.3 is 15.6 Å². The van der Waals surface area contributed by atoms with E-state index in [4.69, 9.17) is 5.73 Å². The Kier molecular flexibility index (Phi) is 4.81. The first-order valence-electron chi connectivity index (χ1n) is 7.36. The van der Waals surface area contributed by atoms with E-state index in [0.717, 1.165) is 17.1 Å². The molecular formula is C17H17N5OS. The molecule has 0 aliphatic heterocycles. The number of para-hydroxylation sites is 1. The van der Waals surface area contributed by atoms with Gasteiger partial charge >= 0.3 is 0 Å². The molecule has 1 heterocycles. The van der Waals surface area contributed by atoms with Crippen molar-refractivity contribution >= 4 is 29.0 Å². The number of aromatic nitrogens is 3. The molecule has 6 nitrogen and oxygen atoms in total. The first-order chi connectivity index (χ1) is 11.6. The third-order valence-electron chi connectivity index (χ3n) is 3.39. The normalized spacial score (nSPS) is 10.5. The van der Waals surface area contributed by atoms with E-state index in [9.17, 15) is 4.79 Å². The van der Waals surface area contributed by atoms with Gasteiger partial charge in [-0.3, -0.25) is 4.79 Å². The summed E-state index contributed by atoms with van der Waals surface area (Å²) in [6.07, 6.45) is 0. The number of anilines is 2. The molecule has 0 saturated carbocycles. The number of nitrogens with one attached hydrogen (secondary N) is 1. The summed E-state index contributed by atoms with van der Waals surface area (Å²) in [5.41, 5.74) is 8.11. The zero-order valence-corrected chi connectivity index (χ0v) is 14.0. The average molecular weight is 339 g/mol. The second-order valence-corrected chi connectivity index (χ2v) is 6.13. The fraction of sp³-hybridized carbons (Fsp3) is 0.118. The van der Waals surface area contributed by atoms with Gasteiger partial charge in [-0.2, -0.15) is 0 Å². The highest BCUT2D eigenvalue weighted by Crippen LogP contribution is 2.23. The number of nitrogens with two attached hydrogens (primary N) is 1. The van der Waals surface area contributed by atoms with Crippen LogP contribution in [0.1, 0.15) is 0 Å². The fourth-order valence-corrected chi connectivity index (χ4v) is 2.88. The Morgan fingerprint density at radius 3 is 2.54 bits per heavy atom. The summed E-state index contributed by atoms with van der Waals surface area (Å²) in [7, 11) is 1.88. The summed E-state index contributed by atoms with van der Waals surface area (Å²) in [5.74, 6) is 0.923. The number of rotatable bonds is 5. The molecule has 3 aromatic rings. The predicted octanol–water partition coefficient (Wildman–Crippen LogP) is 2.80. The smallest absolute Gasteiger partial charge is 0.234 e. The van der Waals surface area contributed by atoms with E-state index >= 15 is 0 Å². The molecule has 3 N–H and O–H groups in total. The summed E-state index contributed by atoms with van der Waals surface area (Å²) in [6, 6.07) is 16.8. The average Bonchev–Trinajstić information content (AvgIpc) is 2.95. The summed E-state index contributed by atoms with van der Waals surface area (Å²) in [4.78, 5) is 12.0. The van der Waals surface area contributed by atoms with Crippen molar-refractivity contribution in [2.45, 2.75) is 5.16 Å². The Morgan fingerprint density at radius 2 is 1.83 bits per heavy atom. The largest absolute Gasteiger partial charge is 0.399 e. The van der Waals surface area contributed by atoms with Gasteiger partial charge in [0.2, 0.25) is 5.91 Å². The van der Waals surface area contributed by atoms with E-state index in [-0.39, 0.29) is 11.7 Å². The third-order valence-corrected chi connectivity index (χ3v) is 4.41. The van der Waals surface area contributed by atoms with Gasteiger partial charge in [0.05, 0.1) is 5.75 Å². The third kappa shape index (κ3) is 3.75. The minimum atomic E-state index is -0.0803. The van der Waals surface area contributed by atoms with Crippen LogP contribution in [0.15, 0.2) is 59.8 Å². The lowest BCUT2D eigenvalue weighted by Gasteiger charge is -2.05. The number of nitrogens with zero attached hydrogens (tertiary/aromatic N) is 3. The second-order valence-electron chi connectivity index (χ2n) is 5.19. The van der Waals surface area contributed by atoms with Gasteiger partial charge in [-0.15, -0.1) is 10.2 Å². The molecule has 0 saturated heterocycles. The predicted molar refractivity (Wildman–Crippen MR) is 96.6 cm³/mol. The Hall–Kier alpha value is -2.80. The SMILES string of the molecule is Cn1c(SCC(=O)Nc2ccccc2)nnc1-c1ccc(N)cc1. The first kappa shape index (κ1) is 16.1. The number of benzene rings is 2. The van der Waals surface area contributed by atoms with Crippen LogP contribution in [0.2, 0.25) is 0 Å². The number of hydrogen-bond donors (Lipinski definition) is 2. The molecule has 7 heteroatoms. The summed E-state index contributed by atoms with van der Waals surface area (Å²) in [5, 5.41) is 11.9. The Labute approximate surface area is 144 Å². The molecule has 0 spiro atoms. The highest BCUT2D eigenvalue weighted by atomic mass is 32.2. The van der Waals surface area contributed by atoms with Gasteiger partial charge in [0.15, 0.2) is 11.0 Å². The van der Waals surface area contributed by atoms with Gasteiger partial charge in [0, 0.05) is 24.0 Å². The van der Waals surface area contributed by atoms with Crippen LogP contribution in [0.3, 0.4) is 0 Å². The van der Waals surface area contributed by atoms with Crippen LogP contribution in [-0.4, -0.2) is 26.4 Å². The molecule has 0 fully saturated rings. The van der Waals surface area contributed by atoms with Crippen molar-refractivity contribution in [3.8, 4) is 11.4 Å². The molecule has 1 amide bonds. The van der Waals surface area contributed by atoms with Crippen LogP contribution in [0.4, 0.5) is 11.4 Å². The van der Waals surface area contributed by atoms with E-state index in [2.05, 4.69) is 15.5 Å². The molecule has 2 aromatic carbocycles. The molecule has 3 rings (SSSR count). The quantitative estimate of drug-likeness (QED) is 0.551. The lowest BCUT2D eigenvalue weighted by molar-refractivity contribution is -0.113. The maximum atomic E-state index is 12.0. The van der Waals surface area contributed by atoms with Crippen LogP contribution in [-0.2, 0) is 11.8 Å². The molecule has 122 valence electrons. The minimum absolute atomic E-state index is 0.0803. The number of carbonyl (C=O) groups excluding carboxylic acids is 1. The highest BCUT2D eigenvalue weighted by Gasteiger charge is 2.13. The van der Waals surface area contributed by atoms with Crippen molar-refractivity contribution < 1.29 is 4.79 Å². The Bertz CT molecular complexity index is 830. The maximum absolute atomic E-state index is 12.0. The number of carbonyl (C=O) groups is 1. The standard InChI is InChI=1S/C17H17N5OS/c1-22-16(12-7-9-13(18)10-8-12)20-21-17(22)24-11-15(23)19-14-5-3-2-4-6-14/h2-10H,11,18H2,1H3,(H,19,23). The van der Waals surface area contributed by atoms with E-state index in [0.29, 0.717) is 10.8 Å². The van der Waals surface area contributed by atoms with E-state index in [1.54, 1.807) is 0 Å². The summed E-state index contributed by atoms with van der Waals surface area (Å²) in [6.45, 7) is 0. The van der Waals surface area contributed by atoms with Crippen LogP contribution in [0.5, 0.6) is 0 Å². The van der Waals surface area contributed by atoms with Crippen LogP contribution in [0.25, 0.3) is 11.4 Å². The van der Waals surface area contributed by atoms with Crippen LogP contribution < -0.4 is 11.1 Å². The van der Waals surface area contributed by atoms with Crippen molar-refractivity contribution in [2.24, 2.45) is 7.05 Å². The molecule has 0 aliphatic rings. The molecule has 0 atom stereocenters. The first-order valence-corrected chi connectivity index (χ1v) is 8.35. The van der Waals surface area contributed by atoms with E-state index in [1.807, 2.05) is 66.2 Å². The van der Waals surface area contributed by atoms with Crippen molar-refractivity contribution in [1.82, 2.24) is 14.8 Å². The molecule has 24 heavy (non-hydrogen) atoms. The van der Waals surface area contributed by atoms with E-state index in [1.165, 1.54) is 11.8 Å². The Morgan fingerprint density at radius 1 is 1.12 bits per heavy atom. The fourth-order valence-electron chi connectivity index (χ4n) is 2.17. The summed E-state index contributed by atoms with van der Waals surface area (Å²) >= 11 is 1.35. The zero-order chi connectivity index (χ0) is 16.9. The second kappa shape index (κ2) is 7.18. The topological polar surface area (TPSA) is 85.8 Å². The monoisotopic (exact) mass is 339 g/mol. The van der Waals surface area contributed by atoms with Gasteiger partial charge in [0.1, 0.15) is 0 Å². The maximum Gasteiger partial charge on any atom is 0.234 e. The van der Waals surface area contributed by atoms with Gasteiger partial charge in [0.25, 0.3) is 0 Å². The van der Waals surface area contributed by atoms with Crippen molar-refractivity contribution in [3.05, 3.63) is 54.6 Å². The van der Waals surface area contributed by atoms with Gasteiger partial charge in [-0.1, -0.05) is 30.0 Å². The molecule has 0 aliphatic carbocycles. The molecule has 0 radical (unpaired) electrons. The molecule has 1 aromatic heterocycles. The van der Waals surface area contributed by atoms with Crippen molar-refractivity contribution in [3.63, 3.8) is 0 Å².